The maximum absolute atomic E-state index is 10.8. The second-order valence-corrected chi connectivity index (χ2v) is 6.25. The number of hydrogen-bond donors (Lipinski definition) is 2. The predicted molar refractivity (Wildman–Crippen MR) is 76.5 cm³/mol. The van der Waals surface area contributed by atoms with Crippen molar-refractivity contribution in [2.75, 3.05) is 6.61 Å². The highest BCUT2D eigenvalue weighted by molar-refractivity contribution is 6.35. The topological polar surface area (TPSA) is 68.9 Å². The van der Waals surface area contributed by atoms with E-state index in [2.05, 4.69) is 26.1 Å². The third kappa shape index (κ3) is 5.68. The fourth-order valence-corrected chi connectivity index (χ4v) is 2.08. The molecule has 1 amide bonds. The zero-order chi connectivity index (χ0) is 14.6. The summed E-state index contributed by atoms with van der Waals surface area (Å²) in [7, 11) is 0. The molecular weight excluding hydrogens is 287 g/mol. The van der Waals surface area contributed by atoms with Crippen LogP contribution in [-0.2, 0) is 11.3 Å². The number of carbonyl (C=O) groups is 1. The molecule has 0 bridgehead atoms. The molecule has 0 spiro atoms. The van der Waals surface area contributed by atoms with Gasteiger partial charge in [0, 0.05) is 5.02 Å². The number of nitrogens with two attached hydrogens (primary N) is 2. The minimum Gasteiger partial charge on any atom is -0.482 e. The molecule has 0 aromatic heterocycles. The first kappa shape index (κ1) is 16.1. The van der Waals surface area contributed by atoms with E-state index in [0.717, 1.165) is 5.56 Å². The van der Waals surface area contributed by atoms with Gasteiger partial charge in [-0.05, 0) is 32.9 Å². The van der Waals surface area contributed by atoms with Gasteiger partial charge in [0.1, 0.15) is 12.3 Å². The van der Waals surface area contributed by atoms with Crippen molar-refractivity contribution in [3.8, 4) is 5.75 Å². The third-order valence-corrected chi connectivity index (χ3v) is 2.88. The summed E-state index contributed by atoms with van der Waals surface area (Å²) in [6.07, 6.45) is 0. The lowest BCUT2D eigenvalue weighted by molar-refractivity contribution is -0.731. The van der Waals surface area contributed by atoms with Crippen molar-refractivity contribution in [2.24, 2.45) is 5.73 Å². The lowest BCUT2D eigenvalue weighted by Crippen LogP contribution is -2.92. The van der Waals surface area contributed by atoms with E-state index < -0.39 is 5.91 Å². The zero-order valence-corrected chi connectivity index (χ0v) is 12.8. The van der Waals surface area contributed by atoms with Crippen molar-refractivity contribution >= 4 is 29.1 Å². The summed E-state index contributed by atoms with van der Waals surface area (Å²) < 4.78 is 5.36. The molecule has 0 unspecified atom stereocenters. The van der Waals surface area contributed by atoms with Gasteiger partial charge in [0.05, 0.1) is 16.1 Å². The first-order chi connectivity index (χ1) is 8.69. The molecule has 0 radical (unpaired) electrons. The second-order valence-electron chi connectivity index (χ2n) is 5.41. The number of benzene rings is 1. The van der Waals surface area contributed by atoms with Gasteiger partial charge in [-0.15, -0.1) is 0 Å². The molecule has 1 aromatic carbocycles. The fourth-order valence-electron chi connectivity index (χ4n) is 1.49. The number of amides is 1. The summed E-state index contributed by atoms with van der Waals surface area (Å²) >= 11 is 12.1. The van der Waals surface area contributed by atoms with Crippen LogP contribution in [0, 0.1) is 0 Å². The molecule has 1 rings (SSSR count). The Bertz CT molecular complexity index is 470. The van der Waals surface area contributed by atoms with Crippen LogP contribution in [0.1, 0.15) is 26.3 Å². The van der Waals surface area contributed by atoms with Crippen LogP contribution in [0.5, 0.6) is 5.75 Å². The van der Waals surface area contributed by atoms with E-state index in [1.54, 1.807) is 12.1 Å². The number of quaternary nitrogens is 1. The van der Waals surface area contributed by atoms with Crippen molar-refractivity contribution in [2.45, 2.75) is 32.9 Å². The standard InChI is InChI=1S/C13H18Cl2N2O2/c1-13(2,3)17-6-8-4-9(14)5-10(15)12(8)19-7-11(16)18/h4-5,17H,6-7H2,1-3H3,(H2,16,18)/p+1. The van der Waals surface area contributed by atoms with Crippen LogP contribution in [0.4, 0.5) is 0 Å². The molecule has 0 saturated carbocycles. The average molecular weight is 306 g/mol. The van der Waals surface area contributed by atoms with E-state index >= 15 is 0 Å². The van der Waals surface area contributed by atoms with Gasteiger partial charge in [-0.3, -0.25) is 4.79 Å². The number of ether oxygens (including phenoxy) is 1. The normalized spacial score (nSPS) is 11.4. The first-order valence-corrected chi connectivity index (χ1v) is 6.68. The van der Waals surface area contributed by atoms with Gasteiger partial charge in [-0.2, -0.15) is 0 Å². The van der Waals surface area contributed by atoms with Gasteiger partial charge in [0.25, 0.3) is 5.91 Å². The smallest absolute Gasteiger partial charge is 0.255 e. The molecule has 0 aliphatic rings. The highest BCUT2D eigenvalue weighted by atomic mass is 35.5. The van der Waals surface area contributed by atoms with Gasteiger partial charge < -0.3 is 15.8 Å². The first-order valence-electron chi connectivity index (χ1n) is 5.92. The fraction of sp³-hybridized carbons (Fsp3) is 0.462. The Balaban J connectivity index is 2.95. The maximum Gasteiger partial charge on any atom is 0.255 e. The van der Waals surface area contributed by atoms with Gasteiger partial charge in [0.15, 0.2) is 6.61 Å². The number of hydrogen-bond acceptors (Lipinski definition) is 2. The van der Waals surface area contributed by atoms with Crippen LogP contribution in [0.25, 0.3) is 0 Å². The lowest BCUT2D eigenvalue weighted by atomic mass is 10.1. The van der Waals surface area contributed by atoms with Gasteiger partial charge in [-0.1, -0.05) is 23.2 Å². The van der Waals surface area contributed by atoms with Gasteiger partial charge >= 0.3 is 0 Å². The third-order valence-electron chi connectivity index (χ3n) is 2.38. The molecular formula is C13H19Cl2N2O2+. The highest BCUT2D eigenvalue weighted by Crippen LogP contribution is 2.32. The largest absolute Gasteiger partial charge is 0.482 e. The predicted octanol–water partition coefficient (Wildman–Crippen LogP) is 1.72. The van der Waals surface area contributed by atoms with Crippen LogP contribution in [0.15, 0.2) is 12.1 Å². The second kappa shape index (κ2) is 6.46. The Morgan fingerprint density at radius 3 is 2.53 bits per heavy atom. The van der Waals surface area contributed by atoms with E-state index in [-0.39, 0.29) is 12.1 Å². The van der Waals surface area contributed by atoms with Crippen LogP contribution in [0.3, 0.4) is 0 Å². The molecule has 1 aromatic rings. The van der Waals surface area contributed by atoms with Crippen LogP contribution < -0.4 is 15.8 Å². The van der Waals surface area contributed by atoms with Gasteiger partial charge in [0.2, 0.25) is 0 Å². The minimum atomic E-state index is -0.545. The molecule has 4 nitrogen and oxygen atoms in total. The highest BCUT2D eigenvalue weighted by Gasteiger charge is 2.17. The summed E-state index contributed by atoms with van der Waals surface area (Å²) in [6, 6.07) is 3.37. The Morgan fingerprint density at radius 2 is 2.00 bits per heavy atom. The van der Waals surface area contributed by atoms with Crippen LogP contribution >= 0.6 is 23.2 Å². The summed E-state index contributed by atoms with van der Waals surface area (Å²) in [5.74, 6) is -0.0814. The van der Waals surface area contributed by atoms with E-state index in [9.17, 15) is 4.79 Å². The number of halogens is 2. The van der Waals surface area contributed by atoms with Crippen molar-refractivity contribution in [3.05, 3.63) is 27.7 Å². The zero-order valence-electron chi connectivity index (χ0n) is 11.3. The van der Waals surface area contributed by atoms with Crippen LogP contribution in [-0.4, -0.2) is 18.1 Å². The Morgan fingerprint density at radius 1 is 1.37 bits per heavy atom. The van der Waals surface area contributed by atoms with Crippen LogP contribution in [0.2, 0.25) is 10.0 Å². The molecule has 106 valence electrons. The van der Waals surface area contributed by atoms with E-state index in [0.29, 0.717) is 22.3 Å². The molecule has 0 heterocycles. The molecule has 4 N–H and O–H groups in total. The molecule has 19 heavy (non-hydrogen) atoms. The summed E-state index contributed by atoms with van der Waals surface area (Å²) in [6.45, 7) is 6.75. The van der Waals surface area contributed by atoms with E-state index in [4.69, 9.17) is 33.7 Å². The summed E-state index contributed by atoms with van der Waals surface area (Å²) in [5, 5.41) is 3.05. The Hall–Kier alpha value is -0.970. The van der Waals surface area contributed by atoms with Crippen molar-refractivity contribution < 1.29 is 14.8 Å². The average Bonchev–Trinajstić information content (AvgIpc) is 2.23. The maximum atomic E-state index is 10.8. The number of primary amides is 1. The number of carbonyl (C=O) groups excluding carboxylic acids is 1. The molecule has 0 aliphatic carbocycles. The Kier molecular flexibility index (Phi) is 5.47. The van der Waals surface area contributed by atoms with Crippen molar-refractivity contribution in [1.82, 2.24) is 0 Å². The summed E-state index contributed by atoms with van der Waals surface area (Å²) in [5.41, 5.74) is 5.98. The van der Waals surface area contributed by atoms with E-state index in [1.807, 2.05) is 0 Å². The molecule has 6 heteroatoms. The van der Waals surface area contributed by atoms with Crippen molar-refractivity contribution in [3.63, 3.8) is 0 Å². The monoisotopic (exact) mass is 305 g/mol. The van der Waals surface area contributed by atoms with Crippen molar-refractivity contribution in [1.29, 1.82) is 0 Å². The SMILES string of the molecule is CC(C)(C)[NH2+]Cc1cc(Cl)cc(Cl)c1OCC(N)=O. The van der Waals surface area contributed by atoms with E-state index in [1.165, 1.54) is 0 Å². The van der Waals surface area contributed by atoms with Gasteiger partial charge in [-0.25, -0.2) is 0 Å². The Labute approximate surface area is 123 Å². The lowest BCUT2D eigenvalue weighted by Gasteiger charge is -2.19. The quantitative estimate of drug-likeness (QED) is 0.869. The molecule has 0 atom stereocenters. The molecule has 0 aliphatic heterocycles. The number of rotatable bonds is 5. The minimum absolute atomic E-state index is 0.0652. The molecule has 0 fully saturated rings. The summed E-state index contributed by atoms with van der Waals surface area (Å²) in [4.78, 5) is 10.8. The molecule has 0 saturated heterocycles.